The molecule has 0 amide bonds. The second-order valence-corrected chi connectivity index (χ2v) is 19.2. The Labute approximate surface area is 349 Å². The first-order chi connectivity index (χ1) is 29.2. The van der Waals surface area contributed by atoms with Crippen LogP contribution in [0.5, 0.6) is 0 Å². The molecule has 14 rings (SSSR count). The summed E-state index contributed by atoms with van der Waals surface area (Å²) in [6.45, 7) is 0. The van der Waals surface area contributed by atoms with Crippen molar-refractivity contribution in [1.82, 2.24) is 0 Å². The molecule has 1 nitrogen and oxygen atoms in total. The molecule has 4 bridgehead atoms. The van der Waals surface area contributed by atoms with Gasteiger partial charge in [-0.15, -0.1) is 0 Å². The van der Waals surface area contributed by atoms with Crippen LogP contribution in [0, 0.1) is 23.7 Å². The van der Waals surface area contributed by atoms with Crippen molar-refractivity contribution in [3.05, 3.63) is 186 Å². The maximum atomic E-state index is 2.62. The molecule has 7 aliphatic carbocycles. The minimum atomic E-state index is 0.164. The zero-order chi connectivity index (χ0) is 38.7. The lowest BCUT2D eigenvalue weighted by Gasteiger charge is -2.61. The van der Waals surface area contributed by atoms with Gasteiger partial charge in [-0.05, 0) is 184 Å². The van der Waals surface area contributed by atoms with Crippen LogP contribution in [0.15, 0.2) is 164 Å². The highest BCUT2D eigenvalue weighted by atomic mass is 15.1. The van der Waals surface area contributed by atoms with Crippen LogP contribution in [-0.2, 0) is 10.8 Å². The molecule has 288 valence electrons. The van der Waals surface area contributed by atoms with E-state index < -0.39 is 0 Å². The average Bonchev–Trinajstić information content (AvgIpc) is 3.73. The summed E-state index contributed by atoms with van der Waals surface area (Å²) < 4.78 is 0. The molecule has 7 aliphatic rings. The highest BCUT2D eigenvalue weighted by Gasteiger charge is 2.61. The van der Waals surface area contributed by atoms with Crippen molar-refractivity contribution in [2.24, 2.45) is 23.7 Å². The molecule has 5 saturated carbocycles. The van der Waals surface area contributed by atoms with Crippen LogP contribution in [0.25, 0.3) is 44.5 Å². The Morgan fingerprint density at radius 3 is 1.42 bits per heavy atom. The van der Waals surface area contributed by atoms with Gasteiger partial charge in [-0.3, -0.25) is 0 Å². The van der Waals surface area contributed by atoms with E-state index in [1.807, 2.05) is 0 Å². The first kappa shape index (κ1) is 34.2. The molecular weight excluding hydrogens is 711 g/mol. The van der Waals surface area contributed by atoms with E-state index in [0.717, 1.165) is 23.7 Å². The Hall–Kier alpha value is -5.66. The van der Waals surface area contributed by atoms with Gasteiger partial charge >= 0.3 is 0 Å². The van der Waals surface area contributed by atoms with Gasteiger partial charge in [0.25, 0.3) is 0 Å². The van der Waals surface area contributed by atoms with Crippen molar-refractivity contribution < 1.29 is 0 Å². The van der Waals surface area contributed by atoms with Crippen LogP contribution in [0.1, 0.15) is 86.5 Å². The number of rotatable bonds is 5. The zero-order valence-electron chi connectivity index (χ0n) is 33.9. The Kier molecular flexibility index (Phi) is 7.49. The molecule has 0 N–H and O–H groups in total. The van der Waals surface area contributed by atoms with Crippen LogP contribution < -0.4 is 4.90 Å². The van der Waals surface area contributed by atoms with E-state index in [9.17, 15) is 0 Å². The summed E-state index contributed by atoms with van der Waals surface area (Å²) in [5.74, 6) is 3.45. The van der Waals surface area contributed by atoms with Gasteiger partial charge < -0.3 is 4.90 Å². The number of fused-ring (bicyclic) bond motifs is 8. The molecule has 0 atom stereocenters. The first-order valence-electron chi connectivity index (χ1n) is 22.7. The second kappa shape index (κ2) is 12.9. The molecule has 0 aromatic heterocycles. The molecule has 1 heteroatoms. The average molecular weight is 762 g/mol. The smallest absolute Gasteiger partial charge is 0.0462 e. The highest BCUT2D eigenvalue weighted by molar-refractivity contribution is 5.87. The standard InChI is InChI=1S/C58H51N/c1-3-11-46(12-4-1)59(47-23-17-40(18-24-47)42-21-27-51-49-13-5-7-15-53(49)57(55(51)36-42)29-9-2-10-30-57)48-25-19-41(20-26-48)43-22-28-52-50-14-6-8-16-54(50)58(56(52)37-43)44-32-38-31-39(34-44)35-45(58)33-38/h1,3-8,11-28,36-39,44-45H,2,9-10,29-35H2. The van der Waals surface area contributed by atoms with Crippen LogP contribution in [0.4, 0.5) is 17.1 Å². The van der Waals surface area contributed by atoms with E-state index in [0.29, 0.717) is 0 Å². The van der Waals surface area contributed by atoms with E-state index in [1.165, 1.54) is 126 Å². The largest absolute Gasteiger partial charge is 0.311 e. The predicted octanol–water partition coefficient (Wildman–Crippen LogP) is 15.4. The molecule has 7 aromatic carbocycles. The summed E-state index contributed by atoms with van der Waals surface area (Å²) in [5.41, 5.74) is 21.3. The van der Waals surface area contributed by atoms with Crippen molar-refractivity contribution >= 4 is 17.1 Å². The van der Waals surface area contributed by atoms with Crippen LogP contribution >= 0.6 is 0 Å². The van der Waals surface area contributed by atoms with Crippen molar-refractivity contribution in [2.45, 2.75) is 75.0 Å². The quantitative estimate of drug-likeness (QED) is 0.169. The van der Waals surface area contributed by atoms with Crippen molar-refractivity contribution in [1.29, 1.82) is 0 Å². The summed E-state index contributed by atoms with van der Waals surface area (Å²) in [7, 11) is 0. The monoisotopic (exact) mass is 761 g/mol. The summed E-state index contributed by atoms with van der Waals surface area (Å²) in [6.07, 6.45) is 13.6. The molecule has 0 radical (unpaired) electrons. The van der Waals surface area contributed by atoms with Gasteiger partial charge in [0, 0.05) is 27.9 Å². The molecule has 59 heavy (non-hydrogen) atoms. The topological polar surface area (TPSA) is 3.24 Å². The lowest BCUT2D eigenvalue weighted by Crippen LogP contribution is -2.55. The van der Waals surface area contributed by atoms with Gasteiger partial charge in [-0.25, -0.2) is 0 Å². The number of hydrogen-bond acceptors (Lipinski definition) is 1. The number of para-hydroxylation sites is 1. The van der Waals surface area contributed by atoms with E-state index in [-0.39, 0.29) is 10.8 Å². The summed E-state index contributed by atoms with van der Waals surface area (Å²) in [6, 6.07) is 63.0. The Bertz CT molecular complexity index is 2720. The van der Waals surface area contributed by atoms with Gasteiger partial charge in [-0.2, -0.15) is 0 Å². The molecule has 2 spiro atoms. The highest BCUT2D eigenvalue weighted by Crippen LogP contribution is 2.69. The van der Waals surface area contributed by atoms with Crippen LogP contribution in [0.3, 0.4) is 0 Å². The Balaban J connectivity index is 0.842. The van der Waals surface area contributed by atoms with Crippen LogP contribution in [0.2, 0.25) is 0 Å². The Morgan fingerprint density at radius 1 is 0.356 bits per heavy atom. The van der Waals surface area contributed by atoms with Gasteiger partial charge in [0.15, 0.2) is 0 Å². The van der Waals surface area contributed by atoms with E-state index in [4.69, 9.17) is 0 Å². The fourth-order valence-electron chi connectivity index (χ4n) is 14.3. The van der Waals surface area contributed by atoms with Gasteiger partial charge in [0.2, 0.25) is 0 Å². The fourth-order valence-corrected chi connectivity index (χ4v) is 14.3. The minimum absolute atomic E-state index is 0.164. The van der Waals surface area contributed by atoms with E-state index in [2.05, 4.69) is 169 Å². The third kappa shape index (κ3) is 4.91. The Morgan fingerprint density at radius 2 is 0.814 bits per heavy atom. The molecule has 0 unspecified atom stereocenters. The number of nitrogens with zero attached hydrogens (tertiary/aromatic N) is 1. The number of anilines is 3. The maximum Gasteiger partial charge on any atom is 0.0462 e. The number of benzene rings is 7. The minimum Gasteiger partial charge on any atom is -0.311 e. The van der Waals surface area contributed by atoms with Crippen molar-refractivity contribution in [3.63, 3.8) is 0 Å². The third-order valence-electron chi connectivity index (χ3n) is 16.5. The molecule has 5 fully saturated rings. The zero-order valence-corrected chi connectivity index (χ0v) is 33.9. The molecule has 7 aromatic rings. The number of hydrogen-bond donors (Lipinski definition) is 0. The fraction of sp³-hybridized carbons (Fsp3) is 0.276. The lowest BCUT2D eigenvalue weighted by molar-refractivity contribution is -0.0399. The predicted molar refractivity (Wildman–Crippen MR) is 245 cm³/mol. The third-order valence-corrected chi connectivity index (χ3v) is 16.5. The summed E-state index contributed by atoms with van der Waals surface area (Å²) in [5, 5.41) is 0. The molecule has 0 saturated heterocycles. The molecule has 0 heterocycles. The lowest BCUT2D eigenvalue weighted by atomic mass is 9.43. The maximum absolute atomic E-state index is 2.62. The van der Waals surface area contributed by atoms with E-state index >= 15 is 0 Å². The van der Waals surface area contributed by atoms with Crippen molar-refractivity contribution in [2.75, 3.05) is 4.90 Å². The van der Waals surface area contributed by atoms with Gasteiger partial charge in [-0.1, -0.05) is 135 Å². The first-order valence-corrected chi connectivity index (χ1v) is 22.7. The normalized spacial score (nSPS) is 24.8. The molecular formula is C58H51N. The summed E-state index contributed by atoms with van der Waals surface area (Å²) in [4.78, 5) is 2.41. The van der Waals surface area contributed by atoms with Crippen LogP contribution in [-0.4, -0.2) is 0 Å². The van der Waals surface area contributed by atoms with Gasteiger partial charge in [0.1, 0.15) is 0 Å². The van der Waals surface area contributed by atoms with Crippen molar-refractivity contribution in [3.8, 4) is 44.5 Å². The summed E-state index contributed by atoms with van der Waals surface area (Å²) >= 11 is 0. The van der Waals surface area contributed by atoms with Gasteiger partial charge in [0.05, 0.1) is 0 Å². The van der Waals surface area contributed by atoms with E-state index in [1.54, 1.807) is 22.3 Å². The molecule has 0 aliphatic heterocycles. The SMILES string of the molecule is c1ccc(N(c2ccc(-c3ccc4c(c3)C3(CCCCC3)c3ccccc3-4)cc2)c2ccc(-c3ccc4c(c3)C3(c5ccccc5-4)C4CC5CC(C4)CC3C5)cc2)cc1. The second-order valence-electron chi connectivity index (χ2n) is 19.2.